The SMILES string of the molecule is C[C@@H]1CC(C)(C)O[C@H](C[N+]2(C)CCCCC2)O1. The van der Waals surface area contributed by atoms with Crippen LogP contribution in [0.5, 0.6) is 0 Å². The Kier molecular flexibility index (Phi) is 3.81. The average Bonchev–Trinajstić information content (AvgIpc) is 2.13. The maximum Gasteiger partial charge on any atom is 0.208 e. The first-order valence-electron chi connectivity index (χ1n) is 7.05. The summed E-state index contributed by atoms with van der Waals surface area (Å²) < 4.78 is 13.1. The normalized spacial score (nSPS) is 36.7. The van der Waals surface area contributed by atoms with E-state index in [-0.39, 0.29) is 11.9 Å². The number of piperidine rings is 1. The van der Waals surface area contributed by atoms with Crippen molar-refractivity contribution in [2.45, 2.75) is 64.4 Å². The van der Waals surface area contributed by atoms with Gasteiger partial charge in [-0.3, -0.25) is 0 Å². The average molecular weight is 242 g/mol. The van der Waals surface area contributed by atoms with Crippen molar-refractivity contribution in [3.63, 3.8) is 0 Å². The largest absolute Gasteiger partial charge is 0.344 e. The second kappa shape index (κ2) is 4.87. The summed E-state index contributed by atoms with van der Waals surface area (Å²) in [4.78, 5) is 0. The molecule has 2 aliphatic heterocycles. The van der Waals surface area contributed by atoms with Gasteiger partial charge in [0.15, 0.2) is 0 Å². The monoisotopic (exact) mass is 242 g/mol. The number of likely N-dealkylation sites (N-methyl/N-ethyl adjacent to an activating group) is 1. The zero-order chi connectivity index (χ0) is 12.5. The van der Waals surface area contributed by atoms with Crippen molar-refractivity contribution in [2.24, 2.45) is 0 Å². The van der Waals surface area contributed by atoms with E-state index >= 15 is 0 Å². The molecule has 100 valence electrons. The second-order valence-corrected chi connectivity index (χ2v) is 6.77. The minimum absolute atomic E-state index is 0.0168. The van der Waals surface area contributed by atoms with Crippen LogP contribution in [-0.4, -0.2) is 49.2 Å². The van der Waals surface area contributed by atoms with Crippen molar-refractivity contribution >= 4 is 0 Å². The number of hydrogen-bond donors (Lipinski definition) is 0. The van der Waals surface area contributed by atoms with Crippen LogP contribution in [0.1, 0.15) is 46.5 Å². The van der Waals surface area contributed by atoms with E-state index in [0.717, 1.165) is 17.4 Å². The van der Waals surface area contributed by atoms with Crippen LogP contribution in [0.3, 0.4) is 0 Å². The Hall–Kier alpha value is -0.120. The molecule has 2 fully saturated rings. The fourth-order valence-corrected chi connectivity index (χ4v) is 3.33. The molecule has 0 aliphatic carbocycles. The molecule has 0 N–H and O–H groups in total. The van der Waals surface area contributed by atoms with E-state index in [1.807, 2.05) is 0 Å². The van der Waals surface area contributed by atoms with Gasteiger partial charge in [0.25, 0.3) is 0 Å². The first kappa shape index (κ1) is 13.3. The molecular formula is C14H28NO2+. The fourth-order valence-electron chi connectivity index (χ4n) is 3.33. The van der Waals surface area contributed by atoms with Crippen LogP contribution in [-0.2, 0) is 9.47 Å². The van der Waals surface area contributed by atoms with Crippen LogP contribution in [0.25, 0.3) is 0 Å². The topological polar surface area (TPSA) is 18.5 Å². The smallest absolute Gasteiger partial charge is 0.208 e. The highest BCUT2D eigenvalue weighted by molar-refractivity contribution is 4.77. The molecule has 17 heavy (non-hydrogen) atoms. The van der Waals surface area contributed by atoms with Gasteiger partial charge >= 0.3 is 0 Å². The van der Waals surface area contributed by atoms with Crippen molar-refractivity contribution in [2.75, 3.05) is 26.7 Å². The zero-order valence-corrected chi connectivity index (χ0v) is 11.9. The number of nitrogens with zero attached hydrogens (tertiary/aromatic N) is 1. The lowest BCUT2D eigenvalue weighted by Crippen LogP contribution is -2.56. The lowest BCUT2D eigenvalue weighted by molar-refractivity contribution is -0.920. The van der Waals surface area contributed by atoms with Crippen LogP contribution in [0.2, 0.25) is 0 Å². The molecule has 2 rings (SSSR count). The van der Waals surface area contributed by atoms with Gasteiger partial charge in [0.2, 0.25) is 6.29 Å². The van der Waals surface area contributed by atoms with Crippen molar-refractivity contribution in [1.29, 1.82) is 0 Å². The third kappa shape index (κ3) is 3.67. The van der Waals surface area contributed by atoms with E-state index in [4.69, 9.17) is 9.47 Å². The molecule has 0 radical (unpaired) electrons. The summed E-state index contributed by atoms with van der Waals surface area (Å²) in [5, 5.41) is 0. The second-order valence-electron chi connectivity index (χ2n) is 6.77. The van der Waals surface area contributed by atoms with Gasteiger partial charge < -0.3 is 14.0 Å². The summed E-state index contributed by atoms with van der Waals surface area (Å²) >= 11 is 0. The Labute approximate surface area is 106 Å². The summed E-state index contributed by atoms with van der Waals surface area (Å²) in [6.45, 7) is 10.1. The maximum atomic E-state index is 6.07. The molecule has 0 aromatic rings. The fraction of sp³-hybridized carbons (Fsp3) is 1.00. The van der Waals surface area contributed by atoms with E-state index < -0.39 is 0 Å². The van der Waals surface area contributed by atoms with Gasteiger partial charge in [-0.25, -0.2) is 0 Å². The molecule has 0 spiro atoms. The first-order valence-corrected chi connectivity index (χ1v) is 7.05. The molecule has 2 saturated heterocycles. The molecule has 3 nitrogen and oxygen atoms in total. The number of likely N-dealkylation sites (tertiary alicyclic amines) is 1. The summed E-state index contributed by atoms with van der Waals surface area (Å²) in [5.41, 5.74) is -0.0305. The standard InChI is InChI=1S/C14H28NO2/c1-12-10-14(2,3)17-13(16-12)11-15(4)8-6-5-7-9-15/h12-13H,5-11H2,1-4H3/q+1/t12-,13-/m1/s1. The number of quaternary nitrogens is 1. The summed E-state index contributed by atoms with van der Waals surface area (Å²) in [5.74, 6) is 0. The molecule has 0 unspecified atom stereocenters. The van der Waals surface area contributed by atoms with Crippen molar-refractivity contribution < 1.29 is 14.0 Å². The van der Waals surface area contributed by atoms with Gasteiger partial charge in [-0.2, -0.15) is 0 Å². The molecule has 0 amide bonds. The third-order valence-electron chi connectivity index (χ3n) is 4.10. The van der Waals surface area contributed by atoms with Crippen LogP contribution in [0.4, 0.5) is 0 Å². The summed E-state index contributed by atoms with van der Waals surface area (Å²) in [6, 6.07) is 0. The minimum Gasteiger partial charge on any atom is -0.344 e. The highest BCUT2D eigenvalue weighted by Gasteiger charge is 2.38. The molecule has 2 aliphatic rings. The Morgan fingerprint density at radius 1 is 1.18 bits per heavy atom. The van der Waals surface area contributed by atoms with Gasteiger partial charge in [0.1, 0.15) is 6.54 Å². The van der Waals surface area contributed by atoms with E-state index in [0.29, 0.717) is 6.10 Å². The van der Waals surface area contributed by atoms with Gasteiger partial charge in [0, 0.05) is 6.42 Å². The van der Waals surface area contributed by atoms with E-state index in [1.54, 1.807) is 0 Å². The molecule has 0 saturated carbocycles. The van der Waals surface area contributed by atoms with Gasteiger partial charge in [-0.05, 0) is 40.0 Å². The van der Waals surface area contributed by atoms with E-state index in [1.165, 1.54) is 32.4 Å². The lowest BCUT2D eigenvalue weighted by atomic mass is 10.00. The number of rotatable bonds is 2. The van der Waals surface area contributed by atoms with Crippen molar-refractivity contribution in [3.8, 4) is 0 Å². The molecule has 2 atom stereocenters. The van der Waals surface area contributed by atoms with E-state index in [2.05, 4.69) is 27.8 Å². The zero-order valence-electron chi connectivity index (χ0n) is 11.9. The Bertz CT molecular complexity index is 259. The Balaban J connectivity index is 1.93. The quantitative estimate of drug-likeness (QED) is 0.693. The highest BCUT2D eigenvalue weighted by Crippen LogP contribution is 2.29. The molecule has 0 aromatic heterocycles. The molecular weight excluding hydrogens is 214 g/mol. The Morgan fingerprint density at radius 3 is 2.41 bits per heavy atom. The number of ether oxygens (including phenoxy) is 2. The van der Waals surface area contributed by atoms with Gasteiger partial charge in [-0.1, -0.05) is 0 Å². The third-order valence-corrected chi connectivity index (χ3v) is 4.10. The molecule has 2 heterocycles. The van der Waals surface area contributed by atoms with Crippen LogP contribution < -0.4 is 0 Å². The molecule has 3 heteroatoms. The summed E-state index contributed by atoms with van der Waals surface area (Å²) in [6.07, 6.45) is 5.39. The summed E-state index contributed by atoms with van der Waals surface area (Å²) in [7, 11) is 2.35. The van der Waals surface area contributed by atoms with Crippen LogP contribution in [0, 0.1) is 0 Å². The Morgan fingerprint density at radius 2 is 1.82 bits per heavy atom. The number of hydrogen-bond acceptors (Lipinski definition) is 2. The van der Waals surface area contributed by atoms with Crippen LogP contribution >= 0.6 is 0 Å². The molecule has 0 aromatic carbocycles. The van der Waals surface area contributed by atoms with E-state index in [9.17, 15) is 0 Å². The maximum absolute atomic E-state index is 6.07. The van der Waals surface area contributed by atoms with Gasteiger partial charge in [-0.15, -0.1) is 0 Å². The van der Waals surface area contributed by atoms with Crippen LogP contribution in [0.15, 0.2) is 0 Å². The van der Waals surface area contributed by atoms with Crippen molar-refractivity contribution in [1.82, 2.24) is 0 Å². The van der Waals surface area contributed by atoms with Gasteiger partial charge in [0.05, 0.1) is 31.8 Å². The lowest BCUT2D eigenvalue weighted by Gasteiger charge is -2.45. The highest BCUT2D eigenvalue weighted by atomic mass is 16.7. The van der Waals surface area contributed by atoms with Crippen molar-refractivity contribution in [3.05, 3.63) is 0 Å². The minimum atomic E-state index is -0.0305. The predicted molar refractivity (Wildman–Crippen MR) is 68.8 cm³/mol. The molecule has 0 bridgehead atoms. The first-order chi connectivity index (χ1) is 7.89. The predicted octanol–water partition coefficient (Wildman–Crippen LogP) is 2.55.